The van der Waals surface area contributed by atoms with Gasteiger partial charge in [-0.3, -0.25) is 0 Å². The summed E-state index contributed by atoms with van der Waals surface area (Å²) in [6.45, 7) is 0.702. The van der Waals surface area contributed by atoms with Gasteiger partial charge >= 0.3 is 0 Å². The second-order valence-corrected chi connectivity index (χ2v) is 3.70. The van der Waals surface area contributed by atoms with E-state index < -0.39 is 0 Å². The van der Waals surface area contributed by atoms with E-state index in [1.807, 2.05) is 6.07 Å². The standard InChI is InChI=1S/C11H16N2O/c1-13-9(7-12)5-8-3-4-10(14-2)6-11(8)13/h3-4,6,9H,5,7,12H2,1-2H3. The number of nitrogens with zero attached hydrogens (tertiary/aromatic N) is 1. The van der Waals surface area contributed by atoms with Crippen LogP contribution in [0.5, 0.6) is 5.75 Å². The fraction of sp³-hybridized carbons (Fsp3) is 0.455. The average Bonchev–Trinajstić information content (AvgIpc) is 2.55. The number of likely N-dealkylation sites (N-methyl/N-ethyl adjacent to an activating group) is 1. The second-order valence-electron chi connectivity index (χ2n) is 3.70. The predicted molar refractivity (Wildman–Crippen MR) is 57.9 cm³/mol. The molecular weight excluding hydrogens is 176 g/mol. The molecule has 0 aromatic heterocycles. The lowest BCUT2D eigenvalue weighted by Gasteiger charge is -2.20. The molecule has 1 unspecified atom stereocenters. The van der Waals surface area contributed by atoms with Crippen LogP contribution in [0.4, 0.5) is 5.69 Å². The third-order valence-corrected chi connectivity index (χ3v) is 2.95. The van der Waals surface area contributed by atoms with Crippen molar-refractivity contribution in [1.29, 1.82) is 0 Å². The molecule has 0 saturated carbocycles. The first-order chi connectivity index (χ1) is 6.76. The molecule has 0 bridgehead atoms. The van der Waals surface area contributed by atoms with Crippen molar-refractivity contribution in [2.75, 3.05) is 25.6 Å². The highest BCUT2D eigenvalue weighted by Crippen LogP contribution is 2.33. The molecule has 0 aliphatic carbocycles. The van der Waals surface area contributed by atoms with Gasteiger partial charge < -0.3 is 15.4 Å². The van der Waals surface area contributed by atoms with Crippen LogP contribution in [0.2, 0.25) is 0 Å². The summed E-state index contributed by atoms with van der Waals surface area (Å²) < 4.78 is 5.20. The van der Waals surface area contributed by atoms with Crippen molar-refractivity contribution in [3.63, 3.8) is 0 Å². The average molecular weight is 192 g/mol. The Bertz CT molecular complexity index is 338. The Hall–Kier alpha value is -1.22. The highest BCUT2D eigenvalue weighted by Gasteiger charge is 2.25. The number of anilines is 1. The fourth-order valence-corrected chi connectivity index (χ4v) is 2.00. The van der Waals surface area contributed by atoms with Gasteiger partial charge in [-0.2, -0.15) is 0 Å². The molecule has 1 aliphatic heterocycles. The number of hydrogen-bond acceptors (Lipinski definition) is 3. The number of fused-ring (bicyclic) bond motifs is 1. The van der Waals surface area contributed by atoms with Crippen molar-refractivity contribution >= 4 is 5.69 Å². The molecule has 0 fully saturated rings. The Balaban J connectivity index is 2.35. The van der Waals surface area contributed by atoms with E-state index in [9.17, 15) is 0 Å². The molecule has 1 aromatic rings. The van der Waals surface area contributed by atoms with E-state index in [4.69, 9.17) is 10.5 Å². The molecule has 1 atom stereocenters. The van der Waals surface area contributed by atoms with Crippen LogP contribution < -0.4 is 15.4 Å². The number of ether oxygens (including phenoxy) is 1. The summed E-state index contributed by atoms with van der Waals surface area (Å²) in [5.74, 6) is 0.910. The minimum Gasteiger partial charge on any atom is -0.497 e. The van der Waals surface area contributed by atoms with Gasteiger partial charge in [0.15, 0.2) is 0 Å². The lowest BCUT2D eigenvalue weighted by molar-refractivity contribution is 0.415. The van der Waals surface area contributed by atoms with Crippen LogP contribution in [0.1, 0.15) is 5.56 Å². The fourth-order valence-electron chi connectivity index (χ4n) is 2.00. The molecule has 14 heavy (non-hydrogen) atoms. The number of nitrogens with two attached hydrogens (primary N) is 1. The Morgan fingerprint density at radius 2 is 2.36 bits per heavy atom. The van der Waals surface area contributed by atoms with E-state index in [2.05, 4.69) is 24.1 Å². The zero-order valence-electron chi connectivity index (χ0n) is 8.66. The topological polar surface area (TPSA) is 38.5 Å². The molecule has 2 rings (SSSR count). The first kappa shape index (κ1) is 9.34. The Labute approximate surface area is 84.5 Å². The van der Waals surface area contributed by atoms with Crippen LogP contribution in [0.3, 0.4) is 0 Å². The zero-order valence-corrected chi connectivity index (χ0v) is 8.66. The molecule has 0 spiro atoms. The third kappa shape index (κ3) is 1.34. The van der Waals surface area contributed by atoms with Crippen LogP contribution in [-0.2, 0) is 6.42 Å². The summed E-state index contributed by atoms with van der Waals surface area (Å²) in [4.78, 5) is 2.23. The van der Waals surface area contributed by atoms with Crippen LogP contribution in [-0.4, -0.2) is 26.7 Å². The monoisotopic (exact) mass is 192 g/mol. The van der Waals surface area contributed by atoms with Crippen molar-refractivity contribution in [2.24, 2.45) is 5.73 Å². The van der Waals surface area contributed by atoms with E-state index in [0.717, 1.165) is 12.2 Å². The van der Waals surface area contributed by atoms with Gasteiger partial charge in [0.25, 0.3) is 0 Å². The molecular formula is C11H16N2O. The molecule has 76 valence electrons. The molecule has 0 amide bonds. The van der Waals surface area contributed by atoms with Gasteiger partial charge in [-0.15, -0.1) is 0 Å². The summed E-state index contributed by atoms with van der Waals surface area (Å²) in [5, 5.41) is 0. The molecule has 0 saturated heterocycles. The number of rotatable bonds is 2. The van der Waals surface area contributed by atoms with Gasteiger partial charge in [0.05, 0.1) is 7.11 Å². The number of methoxy groups -OCH3 is 1. The highest BCUT2D eigenvalue weighted by molar-refractivity contribution is 5.61. The van der Waals surface area contributed by atoms with Crippen LogP contribution in [0.25, 0.3) is 0 Å². The van der Waals surface area contributed by atoms with Crippen molar-refractivity contribution < 1.29 is 4.74 Å². The van der Waals surface area contributed by atoms with Crippen molar-refractivity contribution in [3.05, 3.63) is 23.8 Å². The van der Waals surface area contributed by atoms with Crippen molar-refractivity contribution in [1.82, 2.24) is 0 Å². The van der Waals surface area contributed by atoms with Crippen molar-refractivity contribution in [2.45, 2.75) is 12.5 Å². The van der Waals surface area contributed by atoms with Gasteiger partial charge in [-0.25, -0.2) is 0 Å². The van der Waals surface area contributed by atoms with Gasteiger partial charge in [0, 0.05) is 31.4 Å². The quantitative estimate of drug-likeness (QED) is 0.760. The van der Waals surface area contributed by atoms with Crippen LogP contribution in [0, 0.1) is 0 Å². The van der Waals surface area contributed by atoms with E-state index >= 15 is 0 Å². The maximum Gasteiger partial charge on any atom is 0.120 e. The molecule has 1 aliphatic rings. The van der Waals surface area contributed by atoms with Gasteiger partial charge in [-0.05, 0) is 18.1 Å². The van der Waals surface area contributed by atoms with E-state index in [-0.39, 0.29) is 0 Å². The van der Waals surface area contributed by atoms with Crippen LogP contribution >= 0.6 is 0 Å². The summed E-state index contributed by atoms with van der Waals surface area (Å²) >= 11 is 0. The maximum absolute atomic E-state index is 5.70. The first-order valence-corrected chi connectivity index (χ1v) is 4.86. The number of hydrogen-bond donors (Lipinski definition) is 1. The molecule has 3 heteroatoms. The van der Waals surface area contributed by atoms with E-state index in [1.165, 1.54) is 11.3 Å². The first-order valence-electron chi connectivity index (χ1n) is 4.86. The van der Waals surface area contributed by atoms with E-state index in [0.29, 0.717) is 12.6 Å². The summed E-state index contributed by atoms with van der Waals surface area (Å²) in [6, 6.07) is 6.65. The maximum atomic E-state index is 5.70. The molecule has 1 aromatic carbocycles. The SMILES string of the molecule is COc1ccc2c(c1)N(C)C(CN)C2. The summed E-state index contributed by atoms with van der Waals surface area (Å²) in [6.07, 6.45) is 1.05. The van der Waals surface area contributed by atoms with Crippen molar-refractivity contribution in [3.8, 4) is 5.75 Å². The predicted octanol–water partition coefficient (Wildman–Crippen LogP) is 1.01. The Kier molecular flexibility index (Phi) is 2.33. The molecule has 1 heterocycles. The normalized spacial score (nSPS) is 19.6. The zero-order chi connectivity index (χ0) is 10.1. The Morgan fingerprint density at radius 1 is 1.57 bits per heavy atom. The highest BCUT2D eigenvalue weighted by atomic mass is 16.5. The lowest BCUT2D eigenvalue weighted by Crippen LogP contribution is -2.34. The van der Waals surface area contributed by atoms with E-state index in [1.54, 1.807) is 7.11 Å². The number of benzene rings is 1. The lowest BCUT2D eigenvalue weighted by atomic mass is 10.1. The molecule has 2 N–H and O–H groups in total. The minimum atomic E-state index is 0.442. The molecule has 3 nitrogen and oxygen atoms in total. The Morgan fingerprint density at radius 3 is 3.00 bits per heavy atom. The van der Waals surface area contributed by atoms with Gasteiger partial charge in [0.2, 0.25) is 0 Å². The third-order valence-electron chi connectivity index (χ3n) is 2.95. The molecule has 0 radical (unpaired) electrons. The summed E-state index contributed by atoms with van der Waals surface area (Å²) in [5.41, 5.74) is 8.32. The largest absolute Gasteiger partial charge is 0.497 e. The van der Waals surface area contributed by atoms with Crippen LogP contribution in [0.15, 0.2) is 18.2 Å². The minimum absolute atomic E-state index is 0.442. The second kappa shape index (κ2) is 3.50. The smallest absolute Gasteiger partial charge is 0.120 e. The van der Waals surface area contributed by atoms with Gasteiger partial charge in [0.1, 0.15) is 5.75 Å². The summed E-state index contributed by atoms with van der Waals surface area (Å²) in [7, 11) is 3.78. The van der Waals surface area contributed by atoms with Gasteiger partial charge in [-0.1, -0.05) is 6.07 Å².